The average molecular weight is 297 g/mol. The van der Waals surface area contributed by atoms with E-state index in [-0.39, 0.29) is 6.04 Å². The van der Waals surface area contributed by atoms with Crippen LogP contribution in [0.4, 0.5) is 0 Å². The van der Waals surface area contributed by atoms with Crippen molar-refractivity contribution in [1.82, 2.24) is 5.32 Å². The Bertz CT molecular complexity index is 551. The first-order valence-electron chi connectivity index (χ1n) is 8.16. The normalized spacial score (nSPS) is 12.4. The third-order valence-corrected chi connectivity index (χ3v) is 3.79. The zero-order chi connectivity index (χ0) is 15.8. The van der Waals surface area contributed by atoms with Crippen molar-refractivity contribution in [3.63, 3.8) is 0 Å². The molecule has 0 aromatic heterocycles. The molecule has 1 unspecified atom stereocenters. The van der Waals surface area contributed by atoms with E-state index in [0.717, 1.165) is 25.3 Å². The van der Waals surface area contributed by atoms with Crippen molar-refractivity contribution in [2.45, 2.75) is 39.8 Å². The molecular formula is C20H27NO. The second-order valence-corrected chi connectivity index (χ2v) is 6.16. The molecule has 2 aromatic rings. The molecule has 0 fully saturated rings. The quantitative estimate of drug-likeness (QED) is 0.743. The molecule has 118 valence electrons. The Morgan fingerprint density at radius 2 is 1.59 bits per heavy atom. The van der Waals surface area contributed by atoms with Crippen LogP contribution in [0.1, 0.15) is 44.4 Å². The average Bonchev–Trinajstić information content (AvgIpc) is 2.54. The van der Waals surface area contributed by atoms with E-state index >= 15 is 0 Å². The van der Waals surface area contributed by atoms with Gasteiger partial charge in [-0.15, -0.1) is 0 Å². The molecule has 0 spiro atoms. The highest BCUT2D eigenvalue weighted by Crippen LogP contribution is 2.25. The lowest BCUT2D eigenvalue weighted by molar-refractivity contribution is 0.284. The van der Waals surface area contributed by atoms with Crippen LogP contribution in [0.3, 0.4) is 0 Å². The fourth-order valence-corrected chi connectivity index (χ4v) is 2.35. The topological polar surface area (TPSA) is 21.3 Å². The summed E-state index contributed by atoms with van der Waals surface area (Å²) in [5.74, 6) is 1.66. The minimum Gasteiger partial charge on any atom is -0.493 e. The minimum atomic E-state index is 0.260. The van der Waals surface area contributed by atoms with Crippen LogP contribution in [0.25, 0.3) is 0 Å². The fraction of sp³-hybridized carbons (Fsp3) is 0.400. The van der Waals surface area contributed by atoms with E-state index in [4.69, 9.17) is 4.74 Å². The highest BCUT2D eigenvalue weighted by molar-refractivity contribution is 5.35. The molecule has 2 heteroatoms. The van der Waals surface area contributed by atoms with Gasteiger partial charge >= 0.3 is 0 Å². The van der Waals surface area contributed by atoms with Gasteiger partial charge in [0.1, 0.15) is 5.75 Å². The number of hydrogen-bond donors (Lipinski definition) is 1. The van der Waals surface area contributed by atoms with Crippen LogP contribution in [0, 0.1) is 5.92 Å². The molecule has 0 aliphatic rings. The lowest BCUT2D eigenvalue weighted by Gasteiger charge is -2.19. The molecule has 2 rings (SSSR count). The third kappa shape index (κ3) is 5.19. The van der Waals surface area contributed by atoms with E-state index in [9.17, 15) is 0 Å². The minimum absolute atomic E-state index is 0.260. The predicted octanol–water partition coefficient (Wildman–Crippen LogP) is 4.96. The Balaban J connectivity index is 1.95. The zero-order valence-electron chi connectivity index (χ0n) is 13.9. The van der Waals surface area contributed by atoms with E-state index in [1.165, 1.54) is 11.1 Å². The van der Waals surface area contributed by atoms with Gasteiger partial charge < -0.3 is 10.1 Å². The molecule has 0 radical (unpaired) electrons. The van der Waals surface area contributed by atoms with Gasteiger partial charge in [0.15, 0.2) is 0 Å². The predicted molar refractivity (Wildman–Crippen MR) is 93.1 cm³/mol. The molecule has 1 N–H and O–H groups in total. The summed E-state index contributed by atoms with van der Waals surface area (Å²) in [5, 5.41) is 3.57. The molecule has 0 heterocycles. The SMILES string of the molecule is CC(C)CCOc1ccccc1C(C)NCc1ccccc1. The standard InChI is InChI=1S/C20H27NO/c1-16(2)13-14-22-20-12-8-7-11-19(20)17(3)21-15-18-9-5-4-6-10-18/h4-12,16-17,21H,13-15H2,1-3H3. The Kier molecular flexibility index (Phi) is 6.47. The lowest BCUT2D eigenvalue weighted by Crippen LogP contribution is -2.19. The van der Waals surface area contributed by atoms with E-state index in [2.05, 4.69) is 68.6 Å². The second-order valence-electron chi connectivity index (χ2n) is 6.16. The first-order valence-corrected chi connectivity index (χ1v) is 8.16. The monoisotopic (exact) mass is 297 g/mol. The van der Waals surface area contributed by atoms with Gasteiger partial charge in [-0.3, -0.25) is 0 Å². The molecule has 1 atom stereocenters. The summed E-state index contributed by atoms with van der Waals surface area (Å²) in [6.45, 7) is 8.27. The van der Waals surface area contributed by atoms with Crippen molar-refractivity contribution in [3.8, 4) is 5.75 Å². The van der Waals surface area contributed by atoms with E-state index in [1.54, 1.807) is 0 Å². The van der Waals surface area contributed by atoms with Crippen LogP contribution in [0.15, 0.2) is 54.6 Å². The fourth-order valence-electron chi connectivity index (χ4n) is 2.35. The molecule has 0 saturated heterocycles. The molecule has 2 nitrogen and oxygen atoms in total. The number of rotatable bonds is 8. The molecule has 0 aliphatic heterocycles. The number of para-hydroxylation sites is 1. The maximum Gasteiger partial charge on any atom is 0.124 e. The van der Waals surface area contributed by atoms with Crippen molar-refractivity contribution in [3.05, 3.63) is 65.7 Å². The van der Waals surface area contributed by atoms with E-state index in [0.29, 0.717) is 5.92 Å². The van der Waals surface area contributed by atoms with Gasteiger partial charge in [-0.25, -0.2) is 0 Å². The highest BCUT2D eigenvalue weighted by Gasteiger charge is 2.11. The summed E-state index contributed by atoms with van der Waals surface area (Å²) >= 11 is 0. The molecule has 0 aliphatic carbocycles. The number of benzene rings is 2. The van der Waals surface area contributed by atoms with Crippen molar-refractivity contribution in [1.29, 1.82) is 0 Å². The number of ether oxygens (including phenoxy) is 1. The summed E-state index contributed by atoms with van der Waals surface area (Å²) in [5.41, 5.74) is 2.52. The Hall–Kier alpha value is -1.80. The summed E-state index contributed by atoms with van der Waals surface area (Å²) in [4.78, 5) is 0. The van der Waals surface area contributed by atoms with Gasteiger partial charge in [-0.05, 0) is 30.9 Å². The summed E-state index contributed by atoms with van der Waals surface area (Å²) in [6.07, 6.45) is 1.08. The third-order valence-electron chi connectivity index (χ3n) is 3.79. The van der Waals surface area contributed by atoms with Gasteiger partial charge in [0.2, 0.25) is 0 Å². The van der Waals surface area contributed by atoms with Crippen LogP contribution >= 0.6 is 0 Å². The van der Waals surface area contributed by atoms with Crippen LogP contribution in [0.2, 0.25) is 0 Å². The summed E-state index contributed by atoms with van der Waals surface area (Å²) in [6, 6.07) is 19.1. The maximum atomic E-state index is 5.98. The Labute approximate surface area is 134 Å². The first-order chi connectivity index (χ1) is 10.7. The van der Waals surface area contributed by atoms with Crippen LogP contribution < -0.4 is 10.1 Å². The second kappa shape index (κ2) is 8.60. The van der Waals surface area contributed by atoms with Crippen molar-refractivity contribution in [2.75, 3.05) is 6.61 Å². The largest absolute Gasteiger partial charge is 0.493 e. The van der Waals surface area contributed by atoms with Crippen LogP contribution in [-0.2, 0) is 6.54 Å². The van der Waals surface area contributed by atoms with Crippen molar-refractivity contribution >= 4 is 0 Å². The maximum absolute atomic E-state index is 5.98. The van der Waals surface area contributed by atoms with Crippen LogP contribution in [-0.4, -0.2) is 6.61 Å². The lowest BCUT2D eigenvalue weighted by atomic mass is 10.1. The summed E-state index contributed by atoms with van der Waals surface area (Å²) in [7, 11) is 0. The molecule has 2 aromatic carbocycles. The first kappa shape index (κ1) is 16.6. The van der Waals surface area contributed by atoms with Crippen molar-refractivity contribution < 1.29 is 4.74 Å². The van der Waals surface area contributed by atoms with Gasteiger partial charge in [-0.2, -0.15) is 0 Å². The molecule has 22 heavy (non-hydrogen) atoms. The Morgan fingerprint density at radius 3 is 2.32 bits per heavy atom. The molecule has 0 bridgehead atoms. The molecule has 0 amide bonds. The number of nitrogens with one attached hydrogen (secondary N) is 1. The van der Waals surface area contributed by atoms with Gasteiger partial charge in [-0.1, -0.05) is 62.4 Å². The van der Waals surface area contributed by atoms with Gasteiger partial charge in [0, 0.05) is 18.2 Å². The van der Waals surface area contributed by atoms with Gasteiger partial charge in [0.05, 0.1) is 6.61 Å². The molecule has 0 saturated carbocycles. The Morgan fingerprint density at radius 1 is 0.909 bits per heavy atom. The van der Waals surface area contributed by atoms with E-state index in [1.807, 2.05) is 12.1 Å². The highest BCUT2D eigenvalue weighted by atomic mass is 16.5. The van der Waals surface area contributed by atoms with Crippen molar-refractivity contribution in [2.24, 2.45) is 5.92 Å². The zero-order valence-corrected chi connectivity index (χ0v) is 13.9. The van der Waals surface area contributed by atoms with Crippen LogP contribution in [0.5, 0.6) is 5.75 Å². The number of hydrogen-bond acceptors (Lipinski definition) is 2. The smallest absolute Gasteiger partial charge is 0.124 e. The van der Waals surface area contributed by atoms with Gasteiger partial charge in [0.25, 0.3) is 0 Å². The van der Waals surface area contributed by atoms with E-state index < -0.39 is 0 Å². The molecular weight excluding hydrogens is 270 g/mol. The summed E-state index contributed by atoms with van der Waals surface area (Å²) < 4.78 is 5.98.